The third-order valence-electron chi connectivity index (χ3n) is 2.62. The van der Waals surface area contributed by atoms with Gasteiger partial charge in [0.1, 0.15) is 0 Å². The fourth-order valence-corrected chi connectivity index (χ4v) is 1.65. The summed E-state index contributed by atoms with van der Waals surface area (Å²) in [5, 5.41) is 7.28. The third kappa shape index (κ3) is 1.78. The lowest BCUT2D eigenvalue weighted by molar-refractivity contribution is 0.426. The lowest BCUT2D eigenvalue weighted by Crippen LogP contribution is -2.02. The predicted molar refractivity (Wildman–Crippen MR) is 61.1 cm³/mol. The van der Waals surface area contributed by atoms with Crippen LogP contribution >= 0.6 is 0 Å². The van der Waals surface area contributed by atoms with Gasteiger partial charge in [0.2, 0.25) is 0 Å². The Kier molecular flexibility index (Phi) is 2.13. The van der Waals surface area contributed by atoms with E-state index >= 15 is 0 Å². The van der Waals surface area contributed by atoms with E-state index in [1.54, 1.807) is 0 Å². The molecular formula is C12H13N3O. The van der Waals surface area contributed by atoms with Crippen molar-refractivity contribution >= 4 is 5.69 Å². The van der Waals surface area contributed by atoms with Crippen LogP contribution in [0.25, 0.3) is 11.5 Å². The van der Waals surface area contributed by atoms with Gasteiger partial charge in [-0.05, 0) is 31.9 Å². The van der Waals surface area contributed by atoms with Gasteiger partial charge >= 0.3 is 0 Å². The first-order chi connectivity index (χ1) is 7.83. The fraction of sp³-hybridized carbons (Fsp3) is 0.333. The number of nitrogens with zero attached hydrogens (tertiary/aromatic N) is 2. The predicted octanol–water partition coefficient (Wildman–Crippen LogP) is 2.62. The van der Waals surface area contributed by atoms with Gasteiger partial charge in [0, 0.05) is 11.7 Å². The Morgan fingerprint density at radius 1 is 1.31 bits per heavy atom. The van der Waals surface area contributed by atoms with Crippen molar-refractivity contribution in [3.8, 4) is 11.5 Å². The van der Waals surface area contributed by atoms with Crippen LogP contribution in [0.4, 0.5) is 5.69 Å². The summed E-state index contributed by atoms with van der Waals surface area (Å²) in [5.74, 6) is 1.25. The van der Waals surface area contributed by atoms with Crippen molar-refractivity contribution in [3.05, 3.63) is 30.1 Å². The zero-order chi connectivity index (χ0) is 11.0. The van der Waals surface area contributed by atoms with E-state index in [0.717, 1.165) is 11.3 Å². The second kappa shape index (κ2) is 3.63. The van der Waals surface area contributed by atoms with E-state index in [0.29, 0.717) is 17.8 Å². The minimum absolute atomic E-state index is 0.584. The van der Waals surface area contributed by atoms with Crippen LogP contribution in [0.1, 0.15) is 18.7 Å². The van der Waals surface area contributed by atoms with Crippen LogP contribution in [0.15, 0.2) is 28.8 Å². The smallest absolute Gasteiger partial charge is 0.260 e. The first-order valence-corrected chi connectivity index (χ1v) is 5.49. The van der Waals surface area contributed by atoms with E-state index < -0.39 is 0 Å². The molecule has 82 valence electrons. The summed E-state index contributed by atoms with van der Waals surface area (Å²) in [6.07, 6.45) is 2.49. The van der Waals surface area contributed by atoms with Gasteiger partial charge in [-0.2, -0.15) is 4.98 Å². The molecule has 1 aromatic carbocycles. The van der Waals surface area contributed by atoms with Crippen LogP contribution in [-0.2, 0) is 0 Å². The first-order valence-electron chi connectivity index (χ1n) is 5.49. The zero-order valence-electron chi connectivity index (χ0n) is 9.10. The van der Waals surface area contributed by atoms with Gasteiger partial charge in [-0.1, -0.05) is 17.3 Å². The summed E-state index contributed by atoms with van der Waals surface area (Å²) >= 11 is 0. The second-order valence-electron chi connectivity index (χ2n) is 4.11. The number of aryl methyl sites for hydroxylation is 1. The highest BCUT2D eigenvalue weighted by Crippen LogP contribution is 2.31. The Hall–Kier alpha value is -1.84. The molecule has 1 heterocycles. The first kappa shape index (κ1) is 9.39. The number of para-hydroxylation sites is 1. The van der Waals surface area contributed by atoms with E-state index in [1.807, 2.05) is 31.2 Å². The molecule has 0 atom stereocenters. The number of aromatic nitrogens is 2. The van der Waals surface area contributed by atoms with E-state index in [2.05, 4.69) is 15.5 Å². The Bertz CT molecular complexity index is 502. The van der Waals surface area contributed by atoms with Gasteiger partial charge in [0.05, 0.1) is 5.56 Å². The molecule has 0 amide bonds. The van der Waals surface area contributed by atoms with Crippen LogP contribution in [0.3, 0.4) is 0 Å². The quantitative estimate of drug-likeness (QED) is 0.855. The Labute approximate surface area is 93.7 Å². The van der Waals surface area contributed by atoms with Gasteiger partial charge in [0.25, 0.3) is 5.89 Å². The molecule has 0 bridgehead atoms. The zero-order valence-corrected chi connectivity index (χ0v) is 9.10. The average molecular weight is 215 g/mol. The standard InChI is InChI=1S/C12H13N3O/c1-8-13-12(16-15-8)10-4-2-3-5-11(10)14-9-6-7-9/h2-5,9,14H,6-7H2,1H3. The monoisotopic (exact) mass is 215 g/mol. The summed E-state index contributed by atoms with van der Waals surface area (Å²) in [7, 11) is 0. The van der Waals surface area contributed by atoms with Crippen molar-refractivity contribution in [1.29, 1.82) is 0 Å². The molecule has 2 aromatic rings. The Morgan fingerprint density at radius 2 is 2.12 bits per heavy atom. The number of benzene rings is 1. The van der Waals surface area contributed by atoms with Crippen molar-refractivity contribution in [3.63, 3.8) is 0 Å². The van der Waals surface area contributed by atoms with Crippen molar-refractivity contribution in [2.45, 2.75) is 25.8 Å². The highest BCUT2D eigenvalue weighted by molar-refractivity contribution is 5.72. The molecule has 0 aliphatic heterocycles. The second-order valence-corrected chi connectivity index (χ2v) is 4.11. The van der Waals surface area contributed by atoms with Gasteiger partial charge in [-0.25, -0.2) is 0 Å². The molecule has 0 saturated heterocycles. The lowest BCUT2D eigenvalue weighted by atomic mass is 10.1. The molecule has 1 N–H and O–H groups in total. The van der Waals surface area contributed by atoms with E-state index in [4.69, 9.17) is 4.52 Å². The summed E-state index contributed by atoms with van der Waals surface area (Å²) < 4.78 is 5.19. The van der Waals surface area contributed by atoms with Crippen LogP contribution in [0, 0.1) is 6.92 Å². The number of anilines is 1. The maximum absolute atomic E-state index is 5.19. The van der Waals surface area contributed by atoms with E-state index in [1.165, 1.54) is 12.8 Å². The fourth-order valence-electron chi connectivity index (χ4n) is 1.65. The molecule has 1 aromatic heterocycles. The van der Waals surface area contributed by atoms with Crippen LogP contribution in [-0.4, -0.2) is 16.2 Å². The number of rotatable bonds is 3. The van der Waals surface area contributed by atoms with E-state index in [9.17, 15) is 0 Å². The molecule has 0 unspecified atom stereocenters. The van der Waals surface area contributed by atoms with Crippen molar-refractivity contribution in [2.75, 3.05) is 5.32 Å². The largest absolute Gasteiger partial charge is 0.382 e. The molecule has 0 radical (unpaired) electrons. The molecule has 0 spiro atoms. The topological polar surface area (TPSA) is 51.0 Å². The van der Waals surface area contributed by atoms with Crippen molar-refractivity contribution in [1.82, 2.24) is 10.1 Å². The molecule has 4 nitrogen and oxygen atoms in total. The Balaban J connectivity index is 1.98. The van der Waals surface area contributed by atoms with Crippen molar-refractivity contribution in [2.24, 2.45) is 0 Å². The maximum atomic E-state index is 5.19. The van der Waals surface area contributed by atoms with E-state index in [-0.39, 0.29) is 0 Å². The van der Waals surface area contributed by atoms with Crippen LogP contribution in [0.5, 0.6) is 0 Å². The molecular weight excluding hydrogens is 202 g/mol. The van der Waals surface area contributed by atoms with Gasteiger partial charge in [-0.15, -0.1) is 0 Å². The summed E-state index contributed by atoms with van der Waals surface area (Å²) in [4.78, 5) is 4.25. The lowest BCUT2D eigenvalue weighted by Gasteiger charge is -2.07. The summed E-state index contributed by atoms with van der Waals surface area (Å²) in [5.41, 5.74) is 2.06. The summed E-state index contributed by atoms with van der Waals surface area (Å²) in [6, 6.07) is 8.65. The third-order valence-corrected chi connectivity index (χ3v) is 2.62. The molecule has 16 heavy (non-hydrogen) atoms. The molecule has 1 fully saturated rings. The molecule has 1 aliphatic carbocycles. The minimum atomic E-state index is 0.584. The average Bonchev–Trinajstić information content (AvgIpc) is 3.00. The van der Waals surface area contributed by atoms with Crippen LogP contribution < -0.4 is 5.32 Å². The minimum Gasteiger partial charge on any atom is -0.382 e. The highest BCUT2D eigenvalue weighted by atomic mass is 16.5. The van der Waals surface area contributed by atoms with Crippen LogP contribution in [0.2, 0.25) is 0 Å². The SMILES string of the molecule is Cc1noc(-c2ccccc2NC2CC2)n1. The van der Waals surface area contributed by atoms with Crippen molar-refractivity contribution < 1.29 is 4.52 Å². The molecule has 1 saturated carbocycles. The van der Waals surface area contributed by atoms with Gasteiger partial charge in [-0.3, -0.25) is 0 Å². The maximum Gasteiger partial charge on any atom is 0.260 e. The van der Waals surface area contributed by atoms with Gasteiger partial charge < -0.3 is 9.84 Å². The van der Waals surface area contributed by atoms with Gasteiger partial charge in [0.15, 0.2) is 5.82 Å². The highest BCUT2D eigenvalue weighted by Gasteiger charge is 2.22. The molecule has 3 rings (SSSR count). The molecule has 4 heteroatoms. The number of hydrogen-bond acceptors (Lipinski definition) is 4. The Morgan fingerprint density at radius 3 is 2.81 bits per heavy atom. The number of nitrogens with one attached hydrogen (secondary N) is 1. The normalized spacial score (nSPS) is 15.1. The summed E-state index contributed by atoms with van der Waals surface area (Å²) in [6.45, 7) is 1.82. The number of hydrogen-bond donors (Lipinski definition) is 1. The molecule has 1 aliphatic rings.